The van der Waals surface area contributed by atoms with Crippen molar-refractivity contribution >= 4 is 27.5 Å². The molecule has 214 valence electrons. The number of amides is 2. The summed E-state index contributed by atoms with van der Waals surface area (Å²) in [5, 5.41) is 2.99. The first-order chi connectivity index (χ1) is 19.0. The van der Waals surface area contributed by atoms with Crippen LogP contribution in [0.3, 0.4) is 0 Å². The summed E-state index contributed by atoms with van der Waals surface area (Å²) in [5.74, 6) is -0.409. The van der Waals surface area contributed by atoms with Crippen LogP contribution in [-0.4, -0.2) is 50.0 Å². The lowest BCUT2D eigenvalue weighted by atomic mass is 10.0. The standard InChI is InChI=1S/C32H41N3O4S/c1-24(2)33-32(37)30(22-27-13-8-6-9-14-27)34(23-28-15-10-7-11-16-28)31(36)17-12-20-35(40(5,38)39)29-19-18-25(3)26(4)21-29/h6-11,13-16,18-19,21,24,30H,12,17,20,22-23H2,1-5H3,(H,33,37). The number of anilines is 1. The first kappa shape index (κ1) is 30.9. The van der Waals surface area contributed by atoms with E-state index in [2.05, 4.69) is 5.32 Å². The lowest BCUT2D eigenvalue weighted by molar-refractivity contribution is -0.141. The quantitative estimate of drug-likeness (QED) is 0.317. The van der Waals surface area contributed by atoms with Gasteiger partial charge >= 0.3 is 0 Å². The Hall–Kier alpha value is -3.65. The van der Waals surface area contributed by atoms with E-state index in [1.54, 1.807) is 11.0 Å². The van der Waals surface area contributed by atoms with Crippen molar-refractivity contribution in [2.75, 3.05) is 17.1 Å². The molecule has 0 saturated carbocycles. The van der Waals surface area contributed by atoms with E-state index < -0.39 is 16.1 Å². The van der Waals surface area contributed by atoms with Crippen LogP contribution < -0.4 is 9.62 Å². The predicted molar refractivity (Wildman–Crippen MR) is 162 cm³/mol. The zero-order valence-electron chi connectivity index (χ0n) is 24.1. The smallest absolute Gasteiger partial charge is 0.243 e. The minimum Gasteiger partial charge on any atom is -0.352 e. The first-order valence-corrected chi connectivity index (χ1v) is 15.5. The molecule has 0 heterocycles. The number of rotatable bonds is 13. The largest absolute Gasteiger partial charge is 0.352 e. The van der Waals surface area contributed by atoms with Gasteiger partial charge < -0.3 is 10.2 Å². The number of nitrogens with one attached hydrogen (secondary N) is 1. The lowest BCUT2D eigenvalue weighted by Crippen LogP contribution is -2.51. The van der Waals surface area contributed by atoms with Gasteiger partial charge in [0.05, 0.1) is 11.9 Å². The molecule has 7 nitrogen and oxygen atoms in total. The molecule has 40 heavy (non-hydrogen) atoms. The number of hydrogen-bond donors (Lipinski definition) is 1. The van der Waals surface area contributed by atoms with Crippen LogP contribution in [0.1, 0.15) is 48.9 Å². The summed E-state index contributed by atoms with van der Waals surface area (Å²) < 4.78 is 26.7. The highest BCUT2D eigenvalue weighted by Gasteiger charge is 2.31. The molecule has 3 aromatic carbocycles. The molecule has 3 aromatic rings. The van der Waals surface area contributed by atoms with Crippen LogP contribution in [-0.2, 0) is 32.6 Å². The van der Waals surface area contributed by atoms with Gasteiger partial charge in [-0.05, 0) is 68.5 Å². The number of aryl methyl sites for hydroxylation is 2. The van der Waals surface area contributed by atoms with E-state index in [9.17, 15) is 18.0 Å². The topological polar surface area (TPSA) is 86.8 Å². The molecule has 0 fully saturated rings. The van der Waals surface area contributed by atoms with Crippen molar-refractivity contribution < 1.29 is 18.0 Å². The highest BCUT2D eigenvalue weighted by atomic mass is 32.2. The zero-order valence-corrected chi connectivity index (χ0v) is 24.9. The van der Waals surface area contributed by atoms with Crippen molar-refractivity contribution in [3.8, 4) is 0 Å². The van der Waals surface area contributed by atoms with Gasteiger partial charge in [-0.25, -0.2) is 8.42 Å². The Morgan fingerprint density at radius 1 is 0.850 bits per heavy atom. The number of carbonyl (C=O) groups is 2. The molecule has 0 bridgehead atoms. The third-order valence-corrected chi connectivity index (χ3v) is 8.02. The summed E-state index contributed by atoms with van der Waals surface area (Å²) in [6.45, 7) is 8.15. The van der Waals surface area contributed by atoms with Gasteiger partial charge in [0.1, 0.15) is 6.04 Å². The highest BCUT2D eigenvalue weighted by Crippen LogP contribution is 2.23. The maximum atomic E-state index is 13.8. The second-order valence-electron chi connectivity index (χ2n) is 10.6. The van der Waals surface area contributed by atoms with Gasteiger partial charge in [-0.15, -0.1) is 0 Å². The molecule has 1 N–H and O–H groups in total. The van der Waals surface area contributed by atoms with E-state index >= 15 is 0 Å². The van der Waals surface area contributed by atoms with Gasteiger partial charge in [-0.3, -0.25) is 13.9 Å². The fourth-order valence-corrected chi connectivity index (χ4v) is 5.56. The van der Waals surface area contributed by atoms with E-state index in [4.69, 9.17) is 0 Å². The fourth-order valence-electron chi connectivity index (χ4n) is 4.60. The predicted octanol–water partition coefficient (Wildman–Crippen LogP) is 5.01. The van der Waals surface area contributed by atoms with Crippen LogP contribution in [0.25, 0.3) is 0 Å². The SMILES string of the molecule is Cc1ccc(N(CCCC(=O)N(Cc2ccccc2)C(Cc2ccccc2)C(=O)NC(C)C)S(C)(=O)=O)cc1C. The molecular formula is C32H41N3O4S. The molecule has 1 unspecified atom stereocenters. The Balaban J connectivity index is 1.86. The second kappa shape index (κ2) is 14.1. The van der Waals surface area contributed by atoms with Crippen molar-refractivity contribution in [3.05, 3.63) is 101 Å². The fraction of sp³-hybridized carbons (Fsp3) is 0.375. The Kier molecular flexibility index (Phi) is 10.9. The van der Waals surface area contributed by atoms with Crippen LogP contribution in [0.4, 0.5) is 5.69 Å². The van der Waals surface area contributed by atoms with Gasteiger partial charge in [-0.2, -0.15) is 0 Å². The maximum absolute atomic E-state index is 13.8. The minimum atomic E-state index is -3.55. The van der Waals surface area contributed by atoms with Crippen molar-refractivity contribution in [2.24, 2.45) is 0 Å². The first-order valence-electron chi connectivity index (χ1n) is 13.7. The van der Waals surface area contributed by atoms with E-state index in [0.717, 1.165) is 22.3 Å². The summed E-state index contributed by atoms with van der Waals surface area (Å²) in [6.07, 6.45) is 1.96. The molecule has 0 radical (unpaired) electrons. The van der Waals surface area contributed by atoms with Crippen LogP contribution >= 0.6 is 0 Å². The van der Waals surface area contributed by atoms with Crippen molar-refractivity contribution in [2.45, 2.75) is 65.6 Å². The van der Waals surface area contributed by atoms with Crippen LogP contribution in [0.5, 0.6) is 0 Å². The van der Waals surface area contributed by atoms with E-state index in [1.807, 2.05) is 100 Å². The zero-order chi connectivity index (χ0) is 29.3. The van der Waals surface area contributed by atoms with Crippen LogP contribution in [0.15, 0.2) is 78.9 Å². The lowest BCUT2D eigenvalue weighted by Gasteiger charge is -2.32. The average molecular weight is 564 g/mol. The molecule has 0 saturated heterocycles. The normalized spacial score (nSPS) is 12.2. The number of sulfonamides is 1. The summed E-state index contributed by atoms with van der Waals surface area (Å²) in [7, 11) is -3.55. The second-order valence-corrected chi connectivity index (χ2v) is 12.5. The van der Waals surface area contributed by atoms with Gasteiger partial charge in [0.2, 0.25) is 21.8 Å². The van der Waals surface area contributed by atoms with Gasteiger partial charge in [0.15, 0.2) is 0 Å². The van der Waals surface area contributed by atoms with Crippen molar-refractivity contribution in [1.82, 2.24) is 10.2 Å². The van der Waals surface area contributed by atoms with Gasteiger partial charge in [0, 0.05) is 32.0 Å². The highest BCUT2D eigenvalue weighted by molar-refractivity contribution is 7.92. The van der Waals surface area contributed by atoms with E-state index in [-0.39, 0.29) is 37.4 Å². The summed E-state index contributed by atoms with van der Waals surface area (Å²) >= 11 is 0. The molecule has 0 aromatic heterocycles. The molecule has 2 amide bonds. The number of nitrogens with zero attached hydrogens (tertiary/aromatic N) is 2. The Morgan fingerprint density at radius 3 is 2.00 bits per heavy atom. The van der Waals surface area contributed by atoms with Crippen molar-refractivity contribution in [3.63, 3.8) is 0 Å². The van der Waals surface area contributed by atoms with E-state index in [1.165, 1.54) is 10.6 Å². The molecular weight excluding hydrogens is 522 g/mol. The van der Waals surface area contributed by atoms with E-state index in [0.29, 0.717) is 18.5 Å². The Morgan fingerprint density at radius 2 is 1.45 bits per heavy atom. The molecule has 3 rings (SSSR count). The van der Waals surface area contributed by atoms with Crippen LogP contribution in [0.2, 0.25) is 0 Å². The Labute approximate surface area is 239 Å². The molecule has 8 heteroatoms. The summed E-state index contributed by atoms with van der Waals surface area (Å²) in [5.41, 5.74) is 4.52. The van der Waals surface area contributed by atoms with Gasteiger partial charge in [-0.1, -0.05) is 66.7 Å². The third-order valence-electron chi connectivity index (χ3n) is 6.83. The average Bonchev–Trinajstić information content (AvgIpc) is 2.90. The molecule has 1 atom stereocenters. The monoisotopic (exact) mass is 563 g/mol. The van der Waals surface area contributed by atoms with Crippen LogP contribution in [0, 0.1) is 13.8 Å². The van der Waals surface area contributed by atoms with Gasteiger partial charge in [0.25, 0.3) is 0 Å². The minimum absolute atomic E-state index is 0.0827. The molecule has 0 aliphatic heterocycles. The number of hydrogen-bond acceptors (Lipinski definition) is 4. The molecule has 0 aliphatic carbocycles. The summed E-state index contributed by atoms with van der Waals surface area (Å²) in [6, 6.07) is 24.0. The molecule has 0 aliphatic rings. The van der Waals surface area contributed by atoms with Crippen molar-refractivity contribution in [1.29, 1.82) is 0 Å². The summed E-state index contributed by atoms with van der Waals surface area (Å²) in [4.78, 5) is 28.9. The number of carbonyl (C=O) groups excluding carboxylic acids is 2. The number of benzene rings is 3. The third kappa shape index (κ3) is 8.95. The molecule has 0 spiro atoms. The maximum Gasteiger partial charge on any atom is 0.243 e. The Bertz CT molecular complexity index is 1380.